The summed E-state index contributed by atoms with van der Waals surface area (Å²) in [7, 11) is 0. The van der Waals surface area contributed by atoms with Crippen LogP contribution in [0, 0.1) is 0 Å². The number of thiophene rings is 1. The van der Waals surface area contributed by atoms with E-state index in [9.17, 15) is 4.79 Å². The highest BCUT2D eigenvalue weighted by Gasteiger charge is 2.11. The van der Waals surface area contributed by atoms with Gasteiger partial charge in [0.15, 0.2) is 0 Å². The van der Waals surface area contributed by atoms with Crippen molar-refractivity contribution in [3.63, 3.8) is 0 Å². The molecule has 0 saturated carbocycles. The number of anilines is 1. The lowest BCUT2D eigenvalue weighted by Crippen LogP contribution is -2.03. The molecule has 84 valence electrons. The van der Waals surface area contributed by atoms with Crippen LogP contribution in [0.5, 0.6) is 0 Å². The number of nitrogens with two attached hydrogens (primary N) is 1. The zero-order valence-electron chi connectivity index (χ0n) is 9.03. The monoisotopic (exact) mass is 235 g/mol. The number of rotatable bonds is 3. The summed E-state index contributed by atoms with van der Waals surface area (Å²) in [5.74, 6) is -0.248. The predicted octanol–water partition coefficient (Wildman–Crippen LogP) is 3.05. The van der Waals surface area contributed by atoms with E-state index < -0.39 is 0 Å². The van der Waals surface area contributed by atoms with Gasteiger partial charge in [0.25, 0.3) is 0 Å². The van der Waals surface area contributed by atoms with E-state index in [1.165, 1.54) is 11.3 Å². The van der Waals surface area contributed by atoms with Crippen molar-refractivity contribution >= 4 is 33.1 Å². The molecule has 0 unspecified atom stereocenters. The second kappa shape index (κ2) is 4.53. The van der Waals surface area contributed by atoms with Gasteiger partial charge < -0.3 is 10.5 Å². The first-order valence-corrected chi connectivity index (χ1v) is 5.98. The molecule has 2 rings (SSSR count). The Morgan fingerprint density at radius 3 is 3.00 bits per heavy atom. The van der Waals surface area contributed by atoms with Crippen LogP contribution in [0.2, 0.25) is 0 Å². The number of carbonyl (C=O) groups is 1. The van der Waals surface area contributed by atoms with E-state index in [1.807, 2.05) is 31.2 Å². The van der Waals surface area contributed by atoms with Gasteiger partial charge in [0.1, 0.15) is 4.88 Å². The van der Waals surface area contributed by atoms with E-state index in [0.717, 1.165) is 16.5 Å². The molecule has 0 aliphatic heterocycles. The minimum absolute atomic E-state index is 0.248. The topological polar surface area (TPSA) is 52.3 Å². The molecular weight excluding hydrogens is 222 g/mol. The Balaban J connectivity index is 2.28. The van der Waals surface area contributed by atoms with Crippen LogP contribution in [0.1, 0.15) is 23.0 Å². The van der Waals surface area contributed by atoms with Crippen LogP contribution in [0.3, 0.4) is 0 Å². The summed E-state index contributed by atoms with van der Waals surface area (Å²) >= 11 is 1.43. The fraction of sp³-hybridized carbons (Fsp3) is 0.250. The molecule has 0 radical (unpaired) electrons. The summed E-state index contributed by atoms with van der Waals surface area (Å²) in [5, 5.41) is 0.994. The lowest BCUT2D eigenvalue weighted by atomic mass is 10.2. The summed E-state index contributed by atoms with van der Waals surface area (Å²) in [5.41, 5.74) is 6.39. The Bertz CT molecular complexity index is 519. The maximum absolute atomic E-state index is 11.6. The molecule has 16 heavy (non-hydrogen) atoms. The molecule has 1 aromatic heterocycles. The molecular formula is C12H13NO2S. The average molecular weight is 235 g/mol. The van der Waals surface area contributed by atoms with Crippen LogP contribution in [-0.4, -0.2) is 12.6 Å². The summed E-state index contributed by atoms with van der Waals surface area (Å²) in [6, 6.07) is 7.45. The van der Waals surface area contributed by atoms with Gasteiger partial charge in [-0.25, -0.2) is 4.79 Å². The molecule has 0 atom stereocenters. The Labute approximate surface area is 97.8 Å². The van der Waals surface area contributed by atoms with E-state index in [-0.39, 0.29) is 5.97 Å². The Hall–Kier alpha value is -1.55. The third-order valence-electron chi connectivity index (χ3n) is 2.18. The van der Waals surface area contributed by atoms with Gasteiger partial charge in [0.05, 0.1) is 6.61 Å². The van der Waals surface area contributed by atoms with E-state index in [1.54, 1.807) is 0 Å². The quantitative estimate of drug-likeness (QED) is 0.657. The van der Waals surface area contributed by atoms with Crippen LogP contribution in [0.4, 0.5) is 5.69 Å². The van der Waals surface area contributed by atoms with Crippen molar-refractivity contribution in [1.82, 2.24) is 0 Å². The van der Waals surface area contributed by atoms with Crippen LogP contribution >= 0.6 is 11.3 Å². The smallest absolute Gasteiger partial charge is 0.348 e. The number of fused-ring (bicyclic) bond motifs is 1. The minimum Gasteiger partial charge on any atom is -0.462 e. The van der Waals surface area contributed by atoms with Gasteiger partial charge in [-0.2, -0.15) is 0 Å². The zero-order chi connectivity index (χ0) is 11.5. The number of benzene rings is 1. The van der Waals surface area contributed by atoms with Gasteiger partial charge in [-0.15, -0.1) is 11.3 Å². The number of ether oxygens (including phenoxy) is 1. The third kappa shape index (κ3) is 2.17. The van der Waals surface area contributed by atoms with Crippen molar-refractivity contribution < 1.29 is 9.53 Å². The molecule has 2 aromatic rings. The second-order valence-corrected chi connectivity index (χ2v) is 4.63. The number of nitrogen functional groups attached to an aromatic ring is 1. The van der Waals surface area contributed by atoms with Gasteiger partial charge in [-0.3, -0.25) is 0 Å². The normalized spacial score (nSPS) is 10.6. The minimum atomic E-state index is -0.248. The first-order valence-electron chi connectivity index (χ1n) is 5.17. The van der Waals surface area contributed by atoms with E-state index >= 15 is 0 Å². The van der Waals surface area contributed by atoms with Crippen molar-refractivity contribution in [2.75, 3.05) is 12.3 Å². The molecule has 1 aromatic carbocycles. The SMILES string of the molecule is CCCOC(=O)c1cc2cc(N)ccc2s1. The first kappa shape index (κ1) is 11.0. The fourth-order valence-corrected chi connectivity index (χ4v) is 2.37. The van der Waals surface area contributed by atoms with Crippen LogP contribution in [-0.2, 0) is 4.74 Å². The summed E-state index contributed by atoms with van der Waals surface area (Å²) in [6.07, 6.45) is 0.837. The summed E-state index contributed by atoms with van der Waals surface area (Å²) in [6.45, 7) is 2.44. The fourth-order valence-electron chi connectivity index (χ4n) is 1.43. The highest BCUT2D eigenvalue weighted by molar-refractivity contribution is 7.20. The van der Waals surface area contributed by atoms with Crippen molar-refractivity contribution in [3.05, 3.63) is 29.1 Å². The maximum atomic E-state index is 11.6. The largest absolute Gasteiger partial charge is 0.462 e. The maximum Gasteiger partial charge on any atom is 0.348 e. The Kier molecular flexibility index (Phi) is 3.10. The van der Waals surface area contributed by atoms with Crippen molar-refractivity contribution in [1.29, 1.82) is 0 Å². The lowest BCUT2D eigenvalue weighted by molar-refractivity contribution is 0.0511. The highest BCUT2D eigenvalue weighted by atomic mass is 32.1. The van der Waals surface area contributed by atoms with Crippen molar-refractivity contribution in [3.8, 4) is 0 Å². The third-order valence-corrected chi connectivity index (χ3v) is 3.27. The molecule has 0 aliphatic rings. The molecule has 0 fully saturated rings. The van der Waals surface area contributed by atoms with Crippen LogP contribution < -0.4 is 5.73 Å². The molecule has 4 heteroatoms. The van der Waals surface area contributed by atoms with E-state index in [4.69, 9.17) is 10.5 Å². The molecule has 0 aliphatic carbocycles. The number of hydrogen-bond donors (Lipinski definition) is 1. The molecule has 0 spiro atoms. The summed E-state index contributed by atoms with van der Waals surface area (Å²) in [4.78, 5) is 12.2. The summed E-state index contributed by atoms with van der Waals surface area (Å²) < 4.78 is 6.13. The van der Waals surface area contributed by atoms with Crippen molar-refractivity contribution in [2.45, 2.75) is 13.3 Å². The zero-order valence-corrected chi connectivity index (χ0v) is 9.84. The van der Waals surface area contributed by atoms with E-state index in [2.05, 4.69) is 0 Å². The van der Waals surface area contributed by atoms with E-state index in [0.29, 0.717) is 17.2 Å². The molecule has 0 bridgehead atoms. The van der Waals surface area contributed by atoms with Crippen molar-refractivity contribution in [2.24, 2.45) is 0 Å². The Morgan fingerprint density at radius 2 is 2.25 bits per heavy atom. The lowest BCUT2D eigenvalue weighted by Gasteiger charge is -1.98. The Morgan fingerprint density at radius 1 is 1.44 bits per heavy atom. The van der Waals surface area contributed by atoms with Crippen LogP contribution in [0.25, 0.3) is 10.1 Å². The molecule has 2 N–H and O–H groups in total. The highest BCUT2D eigenvalue weighted by Crippen LogP contribution is 2.27. The number of esters is 1. The number of carbonyl (C=O) groups excluding carboxylic acids is 1. The van der Waals surface area contributed by atoms with Gasteiger partial charge in [-0.05, 0) is 36.1 Å². The molecule has 1 heterocycles. The van der Waals surface area contributed by atoms with Crippen LogP contribution in [0.15, 0.2) is 24.3 Å². The van der Waals surface area contributed by atoms with Gasteiger partial charge >= 0.3 is 5.97 Å². The number of hydrogen-bond acceptors (Lipinski definition) is 4. The van der Waals surface area contributed by atoms with Gasteiger partial charge in [0.2, 0.25) is 0 Å². The molecule has 3 nitrogen and oxygen atoms in total. The molecule has 0 amide bonds. The predicted molar refractivity (Wildman–Crippen MR) is 66.8 cm³/mol. The molecule has 0 saturated heterocycles. The van der Waals surface area contributed by atoms with Gasteiger partial charge in [-0.1, -0.05) is 6.92 Å². The second-order valence-electron chi connectivity index (χ2n) is 3.54. The average Bonchev–Trinajstić information content (AvgIpc) is 2.68. The first-order chi connectivity index (χ1) is 7.70. The standard InChI is InChI=1S/C12H13NO2S/c1-2-5-15-12(14)11-7-8-6-9(13)3-4-10(8)16-11/h3-4,6-7H,2,5,13H2,1H3. The van der Waals surface area contributed by atoms with Gasteiger partial charge in [0, 0.05) is 10.4 Å².